The van der Waals surface area contributed by atoms with E-state index in [2.05, 4.69) is 9.88 Å². The molecule has 2 aromatic rings. The van der Waals surface area contributed by atoms with E-state index in [1.165, 1.54) is 0 Å². The Bertz CT molecular complexity index is 564. The first kappa shape index (κ1) is 12.1. The molecule has 0 saturated carbocycles. The molecule has 0 bridgehead atoms. The number of hydrogen-bond acceptors (Lipinski definition) is 3. The Morgan fingerprint density at radius 1 is 1.35 bits per heavy atom. The van der Waals surface area contributed by atoms with E-state index < -0.39 is 0 Å². The van der Waals surface area contributed by atoms with Crippen molar-refractivity contribution in [2.75, 3.05) is 19.0 Å². The molecule has 0 radical (unpaired) electrons. The molecule has 0 unspecified atom stereocenters. The molecule has 0 atom stereocenters. The lowest BCUT2D eigenvalue weighted by atomic mass is 10.1. The number of benzene rings is 1. The maximum Gasteiger partial charge on any atom is 0.0741 e. The largest absolute Gasteiger partial charge is 0.377 e. The molecule has 0 saturated heterocycles. The van der Waals surface area contributed by atoms with Gasteiger partial charge in [0.1, 0.15) is 0 Å². The maximum absolute atomic E-state index is 6.00. The predicted molar refractivity (Wildman–Crippen MR) is 73.7 cm³/mol. The SMILES string of the molecule is Cc1nc2cc(Cl)ccc2c(N(C)C)c1CN. The van der Waals surface area contributed by atoms with Crippen molar-refractivity contribution >= 4 is 28.2 Å². The summed E-state index contributed by atoms with van der Waals surface area (Å²) in [5.41, 5.74) is 9.91. The number of rotatable bonds is 2. The van der Waals surface area contributed by atoms with Crippen LogP contribution in [0.3, 0.4) is 0 Å². The first-order valence-corrected chi connectivity index (χ1v) is 5.88. The fourth-order valence-corrected chi connectivity index (χ4v) is 2.30. The highest BCUT2D eigenvalue weighted by Crippen LogP contribution is 2.31. The quantitative estimate of drug-likeness (QED) is 0.890. The normalized spacial score (nSPS) is 10.9. The van der Waals surface area contributed by atoms with Crippen LogP contribution >= 0.6 is 11.6 Å². The summed E-state index contributed by atoms with van der Waals surface area (Å²) in [6.07, 6.45) is 0. The lowest BCUT2D eigenvalue weighted by molar-refractivity contribution is 0.993. The third-order valence-corrected chi connectivity index (χ3v) is 3.11. The highest BCUT2D eigenvalue weighted by atomic mass is 35.5. The zero-order valence-corrected chi connectivity index (χ0v) is 11.0. The Kier molecular flexibility index (Phi) is 3.22. The van der Waals surface area contributed by atoms with Crippen LogP contribution in [0.15, 0.2) is 18.2 Å². The van der Waals surface area contributed by atoms with Gasteiger partial charge in [-0.25, -0.2) is 0 Å². The van der Waals surface area contributed by atoms with Crippen molar-refractivity contribution in [1.82, 2.24) is 4.98 Å². The van der Waals surface area contributed by atoms with E-state index in [9.17, 15) is 0 Å². The molecule has 1 aromatic carbocycles. The number of nitrogens with two attached hydrogens (primary N) is 1. The lowest BCUT2D eigenvalue weighted by Gasteiger charge is -2.21. The van der Waals surface area contributed by atoms with Gasteiger partial charge in [-0.15, -0.1) is 0 Å². The van der Waals surface area contributed by atoms with Crippen molar-refractivity contribution in [1.29, 1.82) is 0 Å². The summed E-state index contributed by atoms with van der Waals surface area (Å²) >= 11 is 6.00. The minimum Gasteiger partial charge on any atom is -0.377 e. The first-order valence-electron chi connectivity index (χ1n) is 5.50. The van der Waals surface area contributed by atoms with Gasteiger partial charge in [-0.1, -0.05) is 11.6 Å². The van der Waals surface area contributed by atoms with Gasteiger partial charge in [0.2, 0.25) is 0 Å². The van der Waals surface area contributed by atoms with E-state index in [1.807, 2.05) is 39.2 Å². The second-order valence-electron chi connectivity index (χ2n) is 4.28. The number of aromatic nitrogens is 1. The van der Waals surface area contributed by atoms with E-state index in [4.69, 9.17) is 17.3 Å². The molecule has 3 nitrogen and oxygen atoms in total. The fraction of sp³-hybridized carbons (Fsp3) is 0.308. The molecule has 2 N–H and O–H groups in total. The molecule has 4 heteroatoms. The minimum atomic E-state index is 0.491. The number of nitrogens with zero attached hydrogens (tertiary/aromatic N) is 2. The Morgan fingerprint density at radius 2 is 2.06 bits per heavy atom. The second kappa shape index (κ2) is 4.51. The van der Waals surface area contributed by atoms with Gasteiger partial charge in [0.25, 0.3) is 0 Å². The smallest absolute Gasteiger partial charge is 0.0741 e. The van der Waals surface area contributed by atoms with Crippen LogP contribution in [0.5, 0.6) is 0 Å². The van der Waals surface area contributed by atoms with Crippen LogP contribution in [0, 0.1) is 6.92 Å². The predicted octanol–water partition coefficient (Wildman–Crippen LogP) is 2.72. The van der Waals surface area contributed by atoms with Gasteiger partial charge < -0.3 is 10.6 Å². The number of fused-ring (bicyclic) bond motifs is 1. The van der Waals surface area contributed by atoms with Gasteiger partial charge in [-0.3, -0.25) is 4.98 Å². The van der Waals surface area contributed by atoms with Gasteiger partial charge in [0, 0.05) is 42.3 Å². The molecule has 0 aliphatic heterocycles. The lowest BCUT2D eigenvalue weighted by Crippen LogP contribution is -2.15. The molecule has 0 aliphatic carbocycles. The van der Waals surface area contributed by atoms with Crippen molar-refractivity contribution in [3.8, 4) is 0 Å². The summed E-state index contributed by atoms with van der Waals surface area (Å²) in [5, 5.41) is 1.79. The molecule has 2 rings (SSSR count). The van der Waals surface area contributed by atoms with Crippen LogP contribution in [0.25, 0.3) is 10.9 Å². The highest BCUT2D eigenvalue weighted by Gasteiger charge is 2.13. The molecule has 17 heavy (non-hydrogen) atoms. The van der Waals surface area contributed by atoms with Crippen LogP contribution < -0.4 is 10.6 Å². The van der Waals surface area contributed by atoms with Crippen molar-refractivity contribution in [3.05, 3.63) is 34.5 Å². The summed E-state index contributed by atoms with van der Waals surface area (Å²) in [6, 6.07) is 5.77. The number of pyridine rings is 1. The van der Waals surface area contributed by atoms with E-state index in [0.717, 1.165) is 27.8 Å². The van der Waals surface area contributed by atoms with Crippen LogP contribution in [-0.2, 0) is 6.54 Å². The first-order chi connectivity index (χ1) is 8.04. The molecule has 0 spiro atoms. The summed E-state index contributed by atoms with van der Waals surface area (Å²) < 4.78 is 0. The van der Waals surface area contributed by atoms with Crippen LogP contribution in [0.4, 0.5) is 5.69 Å². The Morgan fingerprint density at radius 3 is 2.65 bits per heavy atom. The van der Waals surface area contributed by atoms with Crippen molar-refractivity contribution in [3.63, 3.8) is 0 Å². The summed E-state index contributed by atoms with van der Waals surface area (Å²) in [5.74, 6) is 0. The van der Waals surface area contributed by atoms with Crippen molar-refractivity contribution in [2.24, 2.45) is 5.73 Å². The molecule has 0 fully saturated rings. The maximum atomic E-state index is 6.00. The number of anilines is 1. The van der Waals surface area contributed by atoms with Gasteiger partial charge in [0.15, 0.2) is 0 Å². The molecule has 0 aliphatic rings. The number of aryl methyl sites for hydroxylation is 1. The van der Waals surface area contributed by atoms with Crippen molar-refractivity contribution < 1.29 is 0 Å². The molecule has 0 amide bonds. The highest BCUT2D eigenvalue weighted by molar-refractivity contribution is 6.31. The molecular weight excluding hydrogens is 234 g/mol. The van der Waals surface area contributed by atoms with Gasteiger partial charge >= 0.3 is 0 Å². The zero-order valence-electron chi connectivity index (χ0n) is 10.3. The Balaban J connectivity index is 2.87. The van der Waals surface area contributed by atoms with Crippen LogP contribution in [-0.4, -0.2) is 19.1 Å². The van der Waals surface area contributed by atoms with Gasteiger partial charge in [-0.2, -0.15) is 0 Å². The molecular formula is C13H16ClN3. The van der Waals surface area contributed by atoms with E-state index in [0.29, 0.717) is 11.6 Å². The third-order valence-electron chi connectivity index (χ3n) is 2.88. The standard InChI is InChI=1S/C13H16ClN3/c1-8-11(7-15)13(17(2)3)10-5-4-9(14)6-12(10)16-8/h4-6H,7,15H2,1-3H3. The number of hydrogen-bond donors (Lipinski definition) is 1. The average molecular weight is 250 g/mol. The third kappa shape index (κ3) is 2.08. The molecule has 1 aromatic heterocycles. The van der Waals surface area contributed by atoms with E-state index in [-0.39, 0.29) is 0 Å². The van der Waals surface area contributed by atoms with E-state index in [1.54, 1.807) is 0 Å². The Hall–Kier alpha value is -1.32. The average Bonchev–Trinajstić information content (AvgIpc) is 2.26. The fourth-order valence-electron chi connectivity index (χ4n) is 2.13. The van der Waals surface area contributed by atoms with Crippen molar-refractivity contribution in [2.45, 2.75) is 13.5 Å². The summed E-state index contributed by atoms with van der Waals surface area (Å²) in [6.45, 7) is 2.47. The van der Waals surface area contributed by atoms with Crippen LogP contribution in [0.1, 0.15) is 11.3 Å². The topological polar surface area (TPSA) is 42.2 Å². The van der Waals surface area contributed by atoms with Gasteiger partial charge in [0.05, 0.1) is 11.2 Å². The second-order valence-corrected chi connectivity index (χ2v) is 4.72. The number of halogens is 1. The molecule has 1 heterocycles. The summed E-state index contributed by atoms with van der Waals surface area (Å²) in [4.78, 5) is 6.64. The monoisotopic (exact) mass is 249 g/mol. The Labute approximate surface area is 106 Å². The summed E-state index contributed by atoms with van der Waals surface area (Å²) in [7, 11) is 4.03. The van der Waals surface area contributed by atoms with E-state index >= 15 is 0 Å². The minimum absolute atomic E-state index is 0.491. The molecule has 90 valence electrons. The van der Waals surface area contributed by atoms with Gasteiger partial charge in [-0.05, 0) is 25.1 Å². The van der Waals surface area contributed by atoms with Crippen LogP contribution in [0.2, 0.25) is 5.02 Å². The zero-order chi connectivity index (χ0) is 12.6.